The summed E-state index contributed by atoms with van der Waals surface area (Å²) < 4.78 is 65.1. The molecule has 0 aromatic carbocycles. The molecule has 2 unspecified atom stereocenters. The van der Waals surface area contributed by atoms with Crippen LogP contribution in [0.25, 0.3) is 0 Å². The minimum atomic E-state index is -5.80. The molecule has 0 bridgehead atoms. The van der Waals surface area contributed by atoms with Gasteiger partial charge in [-0.3, -0.25) is 18.9 Å². The molecular weight excluding hydrogens is 496 g/mol. The van der Waals surface area contributed by atoms with E-state index in [4.69, 9.17) is 19.4 Å². The molecule has 1 aliphatic rings. The van der Waals surface area contributed by atoms with E-state index in [0.29, 0.717) is 0 Å². The molecule has 5 atom stereocenters. The molecule has 31 heavy (non-hydrogen) atoms. The van der Waals surface area contributed by atoms with Gasteiger partial charge in [0, 0.05) is 12.3 Å². The molecule has 20 heteroatoms. The zero-order chi connectivity index (χ0) is 23.9. The normalized spacial score (nSPS) is 30.6. The molecule has 0 amide bonds. The maximum atomic E-state index is 13.8. The fraction of sp³-hybridized carbons (Fsp3) is 0.636. The number of hydrogen-bond donors (Lipinski definition) is 6. The second-order valence-corrected chi connectivity index (χ2v) is 11.0. The number of phosphoric ester groups is 1. The maximum absolute atomic E-state index is 13.8. The largest absolute Gasteiger partial charge is 0.490 e. The highest BCUT2D eigenvalue weighted by molar-refractivity contribution is 7.66. The summed E-state index contributed by atoms with van der Waals surface area (Å²) in [5.74, 6) is 0. The van der Waals surface area contributed by atoms with Crippen LogP contribution in [0.5, 0.6) is 0 Å². The van der Waals surface area contributed by atoms with E-state index in [1.807, 2.05) is 4.98 Å². The first kappa shape index (κ1) is 26.2. The monoisotopic (exact) mass is 514 g/mol. The van der Waals surface area contributed by atoms with Crippen molar-refractivity contribution >= 4 is 23.5 Å². The van der Waals surface area contributed by atoms with E-state index in [0.717, 1.165) is 16.8 Å². The van der Waals surface area contributed by atoms with Crippen LogP contribution in [0.4, 0.5) is 4.39 Å². The average molecular weight is 514 g/mol. The highest BCUT2D eigenvalue weighted by Crippen LogP contribution is 2.66. The van der Waals surface area contributed by atoms with Gasteiger partial charge in [-0.1, -0.05) is 0 Å². The Morgan fingerprint density at radius 1 is 1.23 bits per heavy atom. The Kier molecular flexibility index (Phi) is 7.36. The van der Waals surface area contributed by atoms with E-state index in [1.54, 1.807) is 0 Å². The standard InChI is InChI=1S/C11H18FN2O14P3/c1-10(14-3-2-7(15)13-9(14)17)5-25-11(4-12,8(10)16)6-26-30(21,22)28-31(23,24)27-29(18,19)20/h2-3,8,16H,4-6H2,1H3,(H,21,22)(H,23,24)(H,13,15,17)(H2,18,19,20)/t8-,10-,11+/m0/s1. The summed E-state index contributed by atoms with van der Waals surface area (Å²) in [6.07, 6.45) is -0.925. The predicted molar refractivity (Wildman–Crippen MR) is 95.5 cm³/mol. The lowest BCUT2D eigenvalue weighted by atomic mass is 9.87. The Balaban J connectivity index is 2.22. The number of nitrogens with zero attached hydrogens (tertiary/aromatic N) is 1. The van der Waals surface area contributed by atoms with Crippen LogP contribution in [0.2, 0.25) is 0 Å². The van der Waals surface area contributed by atoms with Crippen molar-refractivity contribution in [3.05, 3.63) is 33.1 Å². The summed E-state index contributed by atoms with van der Waals surface area (Å²) in [5.41, 5.74) is -5.79. The molecule has 2 heterocycles. The number of H-pyrrole nitrogens is 1. The highest BCUT2D eigenvalue weighted by Gasteiger charge is 2.58. The number of ether oxygens (including phenoxy) is 1. The van der Waals surface area contributed by atoms with Gasteiger partial charge in [0.25, 0.3) is 5.56 Å². The first-order valence-corrected chi connectivity index (χ1v) is 12.5. The molecule has 0 spiro atoms. The number of aliphatic hydroxyl groups is 1. The first-order valence-electron chi connectivity index (χ1n) is 7.94. The minimum absolute atomic E-state index is 0.538. The molecular formula is C11H18FN2O14P3. The second kappa shape index (κ2) is 8.71. The number of alkyl halides is 1. The van der Waals surface area contributed by atoms with Gasteiger partial charge in [0.1, 0.15) is 18.4 Å². The number of phosphoric acid groups is 3. The number of hydrogen-bond acceptors (Lipinski definition) is 10. The van der Waals surface area contributed by atoms with Crippen molar-refractivity contribution in [2.45, 2.75) is 24.2 Å². The number of rotatable bonds is 9. The summed E-state index contributed by atoms with van der Waals surface area (Å²) in [7, 11) is -17.0. The van der Waals surface area contributed by atoms with Crippen LogP contribution in [0.3, 0.4) is 0 Å². The van der Waals surface area contributed by atoms with Crippen molar-refractivity contribution in [2.24, 2.45) is 0 Å². The van der Waals surface area contributed by atoms with Crippen LogP contribution in [-0.2, 0) is 37.1 Å². The minimum Gasteiger partial charge on any atom is -0.387 e. The zero-order valence-electron chi connectivity index (χ0n) is 15.4. The van der Waals surface area contributed by atoms with Gasteiger partial charge in [0.15, 0.2) is 0 Å². The van der Waals surface area contributed by atoms with Gasteiger partial charge in [-0.2, -0.15) is 8.62 Å². The third kappa shape index (κ3) is 6.05. The van der Waals surface area contributed by atoms with Gasteiger partial charge in [0.2, 0.25) is 0 Å². The molecule has 1 aromatic heterocycles. The van der Waals surface area contributed by atoms with E-state index >= 15 is 0 Å². The van der Waals surface area contributed by atoms with Crippen LogP contribution < -0.4 is 11.2 Å². The number of aliphatic hydroxyl groups excluding tert-OH is 1. The number of aromatic amines is 1. The molecule has 2 rings (SSSR count). The SMILES string of the molecule is C[C@]1(n2ccc(=O)[nH]c2=O)CO[C@](CF)(COP(=O)(O)OP(=O)(O)OP(=O)(O)O)[C@H]1O. The molecule has 6 N–H and O–H groups in total. The molecule has 16 nitrogen and oxygen atoms in total. The third-order valence-electron chi connectivity index (χ3n) is 4.23. The topological polar surface area (TPSA) is 244 Å². The molecule has 1 aromatic rings. The van der Waals surface area contributed by atoms with Gasteiger partial charge in [-0.15, -0.1) is 0 Å². The van der Waals surface area contributed by atoms with Crippen molar-refractivity contribution < 1.29 is 60.6 Å². The zero-order valence-corrected chi connectivity index (χ0v) is 18.1. The fourth-order valence-corrected chi connectivity index (χ4v) is 5.88. The summed E-state index contributed by atoms with van der Waals surface area (Å²) >= 11 is 0. The molecule has 0 saturated carbocycles. The lowest BCUT2D eigenvalue weighted by Gasteiger charge is -2.34. The van der Waals surface area contributed by atoms with Gasteiger partial charge >= 0.3 is 29.2 Å². The quantitative estimate of drug-likeness (QED) is 0.210. The first-order chi connectivity index (χ1) is 14.0. The maximum Gasteiger partial charge on any atom is 0.490 e. The molecule has 0 radical (unpaired) electrons. The Bertz CT molecular complexity index is 1080. The van der Waals surface area contributed by atoms with Crippen LogP contribution in [0.1, 0.15) is 6.92 Å². The van der Waals surface area contributed by atoms with Crippen molar-refractivity contribution in [1.82, 2.24) is 9.55 Å². The number of nitrogens with one attached hydrogen (secondary N) is 1. The Morgan fingerprint density at radius 2 is 1.84 bits per heavy atom. The Labute approximate surface area is 171 Å². The number of aromatic nitrogens is 2. The third-order valence-corrected chi connectivity index (χ3v) is 8.01. The van der Waals surface area contributed by atoms with E-state index in [-0.39, 0.29) is 0 Å². The Morgan fingerprint density at radius 3 is 2.35 bits per heavy atom. The van der Waals surface area contributed by atoms with Crippen molar-refractivity contribution in [1.29, 1.82) is 0 Å². The smallest absolute Gasteiger partial charge is 0.387 e. The summed E-state index contributed by atoms with van der Waals surface area (Å²) in [6, 6.07) is 0.945. The summed E-state index contributed by atoms with van der Waals surface area (Å²) in [5, 5.41) is 10.6. The Hall–Kier alpha value is -1.06. The van der Waals surface area contributed by atoms with E-state index in [9.17, 15) is 37.7 Å². The van der Waals surface area contributed by atoms with E-state index in [2.05, 4.69) is 13.1 Å². The average Bonchev–Trinajstić information content (AvgIpc) is 2.83. The summed E-state index contributed by atoms with van der Waals surface area (Å²) in [4.78, 5) is 60.8. The lowest BCUT2D eigenvalue weighted by Crippen LogP contribution is -2.56. The van der Waals surface area contributed by atoms with Crippen LogP contribution in [-0.4, -0.2) is 65.8 Å². The van der Waals surface area contributed by atoms with Crippen LogP contribution >= 0.6 is 23.5 Å². The van der Waals surface area contributed by atoms with E-state index < -0.39 is 71.8 Å². The van der Waals surface area contributed by atoms with Gasteiger partial charge in [-0.05, 0) is 6.92 Å². The van der Waals surface area contributed by atoms with Crippen LogP contribution in [0.15, 0.2) is 21.9 Å². The highest BCUT2D eigenvalue weighted by atomic mass is 31.3. The fourth-order valence-electron chi connectivity index (χ4n) is 2.80. The van der Waals surface area contributed by atoms with Crippen molar-refractivity contribution in [2.75, 3.05) is 19.9 Å². The molecule has 1 aliphatic heterocycles. The van der Waals surface area contributed by atoms with Crippen molar-refractivity contribution in [3.63, 3.8) is 0 Å². The van der Waals surface area contributed by atoms with Gasteiger partial charge in [-0.25, -0.2) is 22.9 Å². The molecule has 178 valence electrons. The molecule has 1 saturated heterocycles. The predicted octanol–water partition coefficient (Wildman–Crippen LogP) is -1.31. The molecule has 1 fully saturated rings. The van der Waals surface area contributed by atoms with Gasteiger partial charge in [0.05, 0.1) is 18.8 Å². The van der Waals surface area contributed by atoms with Crippen molar-refractivity contribution in [3.8, 4) is 0 Å². The summed E-state index contributed by atoms with van der Waals surface area (Å²) in [6.45, 7) is -2.11. The lowest BCUT2D eigenvalue weighted by molar-refractivity contribution is -0.104. The second-order valence-electron chi connectivity index (χ2n) is 6.59. The van der Waals surface area contributed by atoms with E-state index in [1.165, 1.54) is 6.92 Å². The molecule has 0 aliphatic carbocycles. The van der Waals surface area contributed by atoms with Crippen LogP contribution in [0, 0.1) is 0 Å². The van der Waals surface area contributed by atoms with Gasteiger partial charge < -0.3 is 29.4 Å². The number of halogens is 1.